The zero-order valence-corrected chi connectivity index (χ0v) is 15.5. The molecule has 0 aliphatic rings. The van der Waals surface area contributed by atoms with Gasteiger partial charge in [0, 0.05) is 12.2 Å². The van der Waals surface area contributed by atoms with Gasteiger partial charge < -0.3 is 10.6 Å². The first-order chi connectivity index (χ1) is 13.0. The molecule has 2 aromatic heterocycles. The molecule has 0 spiro atoms. The standard InChI is InChI=1S/C18H22FN7O/c1-4-15-12(2)24-26(13(15)3)8-7-20-18(27)23-17-9-14(5-6-16(17)19)25-10-21-22-11-25/h5-6,9-11H,4,7-8H2,1-3H3,(H2,20,23,27). The molecule has 2 heterocycles. The molecule has 3 aromatic rings. The van der Waals surface area contributed by atoms with E-state index in [9.17, 15) is 9.18 Å². The zero-order chi connectivity index (χ0) is 19.4. The highest BCUT2D eigenvalue weighted by Gasteiger charge is 2.11. The van der Waals surface area contributed by atoms with Crippen molar-refractivity contribution in [3.63, 3.8) is 0 Å². The third kappa shape index (κ3) is 4.13. The van der Waals surface area contributed by atoms with Crippen LogP contribution < -0.4 is 10.6 Å². The summed E-state index contributed by atoms with van der Waals surface area (Å²) in [6.45, 7) is 7.02. The van der Waals surface area contributed by atoms with Crippen LogP contribution in [0.15, 0.2) is 30.9 Å². The maximum absolute atomic E-state index is 14.0. The predicted octanol–water partition coefficient (Wildman–Crippen LogP) is 2.60. The van der Waals surface area contributed by atoms with Crippen LogP contribution >= 0.6 is 0 Å². The second-order valence-corrected chi connectivity index (χ2v) is 6.14. The monoisotopic (exact) mass is 371 g/mol. The number of amides is 2. The lowest BCUT2D eigenvalue weighted by molar-refractivity contribution is 0.251. The van der Waals surface area contributed by atoms with Crippen molar-refractivity contribution >= 4 is 11.7 Å². The van der Waals surface area contributed by atoms with E-state index in [-0.39, 0.29) is 5.69 Å². The van der Waals surface area contributed by atoms with Gasteiger partial charge in [-0.2, -0.15) is 5.10 Å². The van der Waals surface area contributed by atoms with Crippen molar-refractivity contribution in [2.24, 2.45) is 0 Å². The van der Waals surface area contributed by atoms with Gasteiger partial charge in [-0.3, -0.25) is 9.25 Å². The predicted molar refractivity (Wildman–Crippen MR) is 99.4 cm³/mol. The molecule has 0 atom stereocenters. The first-order valence-electron chi connectivity index (χ1n) is 8.72. The maximum atomic E-state index is 14.0. The highest BCUT2D eigenvalue weighted by atomic mass is 19.1. The van der Waals surface area contributed by atoms with Gasteiger partial charge in [-0.15, -0.1) is 10.2 Å². The zero-order valence-electron chi connectivity index (χ0n) is 15.5. The summed E-state index contributed by atoms with van der Waals surface area (Å²) in [4.78, 5) is 12.1. The van der Waals surface area contributed by atoms with Crippen LogP contribution in [-0.4, -0.2) is 37.1 Å². The van der Waals surface area contributed by atoms with Gasteiger partial charge in [0.2, 0.25) is 0 Å². The summed E-state index contributed by atoms with van der Waals surface area (Å²) in [6, 6.07) is 3.91. The van der Waals surface area contributed by atoms with Gasteiger partial charge in [0.15, 0.2) is 0 Å². The topological polar surface area (TPSA) is 89.7 Å². The Hall–Kier alpha value is -3.23. The van der Waals surface area contributed by atoms with E-state index < -0.39 is 11.8 Å². The highest BCUT2D eigenvalue weighted by molar-refractivity contribution is 5.89. The number of nitrogens with zero attached hydrogens (tertiary/aromatic N) is 5. The Labute approximate surface area is 156 Å². The second kappa shape index (κ2) is 7.98. The summed E-state index contributed by atoms with van der Waals surface area (Å²) in [5.41, 5.74) is 4.06. The molecule has 2 N–H and O–H groups in total. The van der Waals surface area contributed by atoms with Crippen molar-refractivity contribution in [3.8, 4) is 5.69 Å². The Balaban J connectivity index is 1.59. The van der Waals surface area contributed by atoms with E-state index in [1.165, 1.54) is 30.4 Å². The van der Waals surface area contributed by atoms with Crippen LogP contribution in [0.25, 0.3) is 5.69 Å². The lowest BCUT2D eigenvalue weighted by atomic mass is 10.1. The van der Waals surface area contributed by atoms with Gasteiger partial charge in [0.1, 0.15) is 18.5 Å². The van der Waals surface area contributed by atoms with Crippen LogP contribution in [0.4, 0.5) is 14.9 Å². The number of benzene rings is 1. The van der Waals surface area contributed by atoms with E-state index in [2.05, 4.69) is 32.9 Å². The van der Waals surface area contributed by atoms with Crippen molar-refractivity contribution in [2.45, 2.75) is 33.7 Å². The average molecular weight is 371 g/mol. The van der Waals surface area contributed by atoms with E-state index in [4.69, 9.17) is 0 Å². The minimum absolute atomic E-state index is 0.0816. The van der Waals surface area contributed by atoms with Crippen LogP contribution in [0.1, 0.15) is 23.9 Å². The molecule has 0 aliphatic heterocycles. The molecule has 1 aromatic carbocycles. The number of anilines is 1. The molecule has 0 unspecified atom stereocenters. The number of halogens is 1. The van der Waals surface area contributed by atoms with Crippen molar-refractivity contribution in [1.82, 2.24) is 29.9 Å². The number of hydrogen-bond donors (Lipinski definition) is 2. The smallest absolute Gasteiger partial charge is 0.319 e. The quantitative estimate of drug-likeness (QED) is 0.697. The molecule has 3 rings (SSSR count). The molecule has 0 saturated carbocycles. The fraction of sp³-hybridized carbons (Fsp3) is 0.333. The summed E-state index contributed by atoms with van der Waals surface area (Å²) in [5, 5.41) is 17.2. The van der Waals surface area contributed by atoms with Gasteiger partial charge >= 0.3 is 6.03 Å². The van der Waals surface area contributed by atoms with Gasteiger partial charge in [-0.1, -0.05) is 6.92 Å². The van der Waals surface area contributed by atoms with Crippen LogP contribution in [0.3, 0.4) is 0 Å². The summed E-state index contributed by atoms with van der Waals surface area (Å²) >= 11 is 0. The van der Waals surface area contributed by atoms with E-state index in [0.29, 0.717) is 18.8 Å². The molecule has 0 saturated heterocycles. The van der Waals surface area contributed by atoms with Crippen molar-refractivity contribution in [2.75, 3.05) is 11.9 Å². The Kier molecular flexibility index (Phi) is 5.49. The van der Waals surface area contributed by atoms with Crippen molar-refractivity contribution in [3.05, 3.63) is 53.6 Å². The van der Waals surface area contributed by atoms with Gasteiger partial charge in [-0.25, -0.2) is 9.18 Å². The molecule has 9 heteroatoms. The summed E-state index contributed by atoms with van der Waals surface area (Å²) in [6.07, 6.45) is 3.92. The fourth-order valence-corrected chi connectivity index (χ4v) is 3.01. The Morgan fingerprint density at radius 3 is 2.63 bits per heavy atom. The molecule has 0 bridgehead atoms. The van der Waals surface area contributed by atoms with E-state index in [1.54, 1.807) is 10.6 Å². The second-order valence-electron chi connectivity index (χ2n) is 6.14. The lowest BCUT2D eigenvalue weighted by Gasteiger charge is -2.11. The highest BCUT2D eigenvalue weighted by Crippen LogP contribution is 2.18. The molecule has 142 valence electrons. The number of aromatic nitrogens is 5. The maximum Gasteiger partial charge on any atom is 0.319 e. The molecule has 0 aliphatic carbocycles. The normalized spacial score (nSPS) is 10.8. The van der Waals surface area contributed by atoms with Crippen LogP contribution in [0.2, 0.25) is 0 Å². The third-order valence-electron chi connectivity index (χ3n) is 4.41. The summed E-state index contributed by atoms with van der Waals surface area (Å²) < 4.78 is 17.5. The summed E-state index contributed by atoms with van der Waals surface area (Å²) in [5.74, 6) is -0.520. The number of hydrogen-bond acceptors (Lipinski definition) is 4. The molecule has 0 fully saturated rings. The van der Waals surface area contributed by atoms with Crippen LogP contribution in [0.5, 0.6) is 0 Å². The van der Waals surface area contributed by atoms with Crippen LogP contribution in [-0.2, 0) is 13.0 Å². The number of carbonyl (C=O) groups is 1. The minimum atomic E-state index is -0.520. The lowest BCUT2D eigenvalue weighted by Crippen LogP contribution is -2.32. The SMILES string of the molecule is CCc1c(C)nn(CCNC(=O)Nc2cc(-n3cnnc3)ccc2F)c1C. The number of rotatable bonds is 6. The van der Waals surface area contributed by atoms with Gasteiger partial charge in [0.25, 0.3) is 0 Å². The molecule has 8 nitrogen and oxygen atoms in total. The Morgan fingerprint density at radius 2 is 1.96 bits per heavy atom. The average Bonchev–Trinajstić information content (AvgIpc) is 3.26. The molecule has 2 amide bonds. The van der Waals surface area contributed by atoms with E-state index >= 15 is 0 Å². The first kappa shape index (κ1) is 18.6. The first-order valence-corrected chi connectivity index (χ1v) is 8.72. The van der Waals surface area contributed by atoms with Gasteiger partial charge in [0.05, 0.1) is 23.6 Å². The Morgan fingerprint density at radius 1 is 1.22 bits per heavy atom. The van der Waals surface area contributed by atoms with E-state index in [0.717, 1.165) is 17.8 Å². The number of aryl methyl sites for hydroxylation is 1. The summed E-state index contributed by atoms with van der Waals surface area (Å²) in [7, 11) is 0. The molecule has 27 heavy (non-hydrogen) atoms. The molecular formula is C18H22FN7O. The third-order valence-corrected chi connectivity index (χ3v) is 4.41. The Bertz CT molecular complexity index is 934. The molecular weight excluding hydrogens is 349 g/mol. The van der Waals surface area contributed by atoms with E-state index in [1.807, 2.05) is 18.5 Å². The fourth-order valence-electron chi connectivity index (χ4n) is 3.01. The number of nitrogens with one attached hydrogen (secondary N) is 2. The number of carbonyl (C=O) groups excluding carboxylic acids is 1. The largest absolute Gasteiger partial charge is 0.336 e. The van der Waals surface area contributed by atoms with Crippen LogP contribution in [0, 0.1) is 19.7 Å². The minimum Gasteiger partial charge on any atom is -0.336 e. The van der Waals surface area contributed by atoms with Crippen molar-refractivity contribution < 1.29 is 9.18 Å². The van der Waals surface area contributed by atoms with Gasteiger partial charge in [-0.05, 0) is 44.0 Å². The number of urea groups is 1. The molecule has 0 radical (unpaired) electrons. The van der Waals surface area contributed by atoms with Crippen molar-refractivity contribution in [1.29, 1.82) is 0 Å².